The number of para-hydroxylation sites is 1. The van der Waals surface area contributed by atoms with E-state index in [1.165, 1.54) is 6.07 Å². The monoisotopic (exact) mass is 456 g/mol. The number of carbonyl (C=O) groups excluding carboxylic acids is 3. The Bertz CT molecular complexity index is 1160. The number of halogens is 1. The predicted molar refractivity (Wildman–Crippen MR) is 124 cm³/mol. The molecule has 0 aliphatic rings. The minimum absolute atomic E-state index is 0.164. The van der Waals surface area contributed by atoms with E-state index in [0.29, 0.717) is 26.7 Å². The Morgan fingerprint density at radius 3 is 2.42 bits per heavy atom. The zero-order chi connectivity index (χ0) is 22.5. The smallest absolute Gasteiger partial charge is 0.341 e. The van der Waals surface area contributed by atoms with Crippen LogP contribution in [0.15, 0.2) is 48.5 Å². The van der Waals surface area contributed by atoms with Crippen molar-refractivity contribution in [2.24, 2.45) is 0 Å². The molecule has 1 heterocycles. The van der Waals surface area contributed by atoms with E-state index in [-0.39, 0.29) is 23.1 Å². The van der Waals surface area contributed by atoms with E-state index >= 15 is 0 Å². The number of thiophene rings is 1. The summed E-state index contributed by atoms with van der Waals surface area (Å²) < 4.78 is 5.15. The molecule has 2 amide bonds. The molecule has 3 rings (SSSR count). The van der Waals surface area contributed by atoms with Gasteiger partial charge in [-0.05, 0) is 56.2 Å². The summed E-state index contributed by atoms with van der Waals surface area (Å²) in [5.74, 6) is -1.42. The van der Waals surface area contributed by atoms with Gasteiger partial charge >= 0.3 is 5.97 Å². The minimum Gasteiger partial charge on any atom is -0.462 e. The van der Waals surface area contributed by atoms with Gasteiger partial charge in [-0.3, -0.25) is 9.59 Å². The zero-order valence-electron chi connectivity index (χ0n) is 17.2. The highest BCUT2D eigenvalue weighted by molar-refractivity contribution is 7.19. The van der Waals surface area contributed by atoms with Gasteiger partial charge in [0.1, 0.15) is 5.00 Å². The SMILES string of the molecule is CCOC(=O)c1c(NC(=O)c2cccc(Cl)c2)sc(C(=O)Nc2ccccc2C)c1C. The van der Waals surface area contributed by atoms with Crippen LogP contribution in [0.2, 0.25) is 5.02 Å². The molecule has 160 valence electrons. The maximum atomic E-state index is 13.0. The van der Waals surface area contributed by atoms with Crippen LogP contribution in [-0.2, 0) is 4.74 Å². The van der Waals surface area contributed by atoms with Crippen LogP contribution in [-0.4, -0.2) is 24.4 Å². The Morgan fingerprint density at radius 1 is 1.00 bits per heavy atom. The molecular formula is C23H21ClN2O4S. The van der Waals surface area contributed by atoms with Gasteiger partial charge in [0.05, 0.1) is 17.0 Å². The molecule has 0 unspecified atom stereocenters. The molecule has 0 atom stereocenters. The molecule has 6 nitrogen and oxygen atoms in total. The highest BCUT2D eigenvalue weighted by atomic mass is 35.5. The minimum atomic E-state index is -0.604. The molecule has 2 aromatic carbocycles. The second kappa shape index (κ2) is 9.76. The fourth-order valence-electron chi connectivity index (χ4n) is 2.96. The number of esters is 1. The number of benzene rings is 2. The van der Waals surface area contributed by atoms with E-state index in [9.17, 15) is 14.4 Å². The van der Waals surface area contributed by atoms with Crippen LogP contribution in [0, 0.1) is 13.8 Å². The number of aryl methyl sites for hydroxylation is 1. The van der Waals surface area contributed by atoms with Crippen LogP contribution in [0.5, 0.6) is 0 Å². The topological polar surface area (TPSA) is 84.5 Å². The van der Waals surface area contributed by atoms with Gasteiger partial charge in [0, 0.05) is 16.3 Å². The highest BCUT2D eigenvalue weighted by Gasteiger charge is 2.27. The van der Waals surface area contributed by atoms with E-state index < -0.39 is 11.9 Å². The first-order valence-electron chi connectivity index (χ1n) is 9.56. The van der Waals surface area contributed by atoms with Crippen molar-refractivity contribution in [1.82, 2.24) is 0 Å². The molecule has 8 heteroatoms. The van der Waals surface area contributed by atoms with E-state index in [2.05, 4.69) is 10.6 Å². The molecule has 0 fully saturated rings. The first kappa shape index (κ1) is 22.5. The van der Waals surface area contributed by atoms with Crippen LogP contribution >= 0.6 is 22.9 Å². The molecule has 0 saturated carbocycles. The lowest BCUT2D eigenvalue weighted by Gasteiger charge is -2.08. The first-order chi connectivity index (χ1) is 14.8. The van der Waals surface area contributed by atoms with E-state index in [0.717, 1.165) is 16.9 Å². The molecule has 1 aromatic heterocycles. The number of hydrogen-bond acceptors (Lipinski definition) is 5. The molecule has 0 aliphatic heterocycles. The summed E-state index contributed by atoms with van der Waals surface area (Å²) in [5.41, 5.74) is 2.51. The Morgan fingerprint density at radius 2 is 1.74 bits per heavy atom. The van der Waals surface area contributed by atoms with Crippen molar-refractivity contribution < 1.29 is 19.1 Å². The van der Waals surface area contributed by atoms with Crippen molar-refractivity contribution in [3.63, 3.8) is 0 Å². The van der Waals surface area contributed by atoms with Crippen molar-refractivity contribution in [1.29, 1.82) is 0 Å². The number of rotatable bonds is 6. The average molecular weight is 457 g/mol. The van der Waals surface area contributed by atoms with Crippen molar-refractivity contribution in [2.45, 2.75) is 20.8 Å². The summed E-state index contributed by atoms with van der Waals surface area (Å²) >= 11 is 6.99. The predicted octanol–water partition coefficient (Wildman–Crippen LogP) is 5.70. The molecule has 0 aliphatic carbocycles. The van der Waals surface area contributed by atoms with Crippen LogP contribution in [0.3, 0.4) is 0 Å². The standard InChI is InChI=1S/C23H21ClN2O4S/c1-4-30-23(29)18-14(3)19(21(28)25-17-11-6-5-8-13(17)2)31-22(18)26-20(27)15-9-7-10-16(24)12-15/h5-12H,4H2,1-3H3,(H,25,28)(H,26,27). The van der Waals surface area contributed by atoms with Crippen LogP contribution < -0.4 is 10.6 Å². The Hall–Kier alpha value is -3.16. The number of anilines is 2. The number of amides is 2. The Kier molecular flexibility index (Phi) is 7.09. The maximum absolute atomic E-state index is 13.0. The Balaban J connectivity index is 1.96. The van der Waals surface area contributed by atoms with Gasteiger partial charge in [-0.1, -0.05) is 35.9 Å². The van der Waals surface area contributed by atoms with Crippen molar-refractivity contribution in [3.05, 3.63) is 80.7 Å². The fourth-order valence-corrected chi connectivity index (χ4v) is 4.24. The Labute approximate surface area is 189 Å². The molecular weight excluding hydrogens is 436 g/mol. The normalized spacial score (nSPS) is 10.5. The molecule has 0 radical (unpaired) electrons. The number of carbonyl (C=O) groups is 3. The fraction of sp³-hybridized carbons (Fsp3) is 0.174. The van der Waals surface area contributed by atoms with Gasteiger partial charge < -0.3 is 15.4 Å². The summed E-state index contributed by atoms with van der Waals surface area (Å²) in [6, 6.07) is 13.8. The summed E-state index contributed by atoms with van der Waals surface area (Å²) in [7, 11) is 0. The van der Waals surface area contributed by atoms with Gasteiger partial charge in [0.2, 0.25) is 0 Å². The quantitative estimate of drug-likeness (QED) is 0.466. The molecule has 2 N–H and O–H groups in total. The number of ether oxygens (including phenoxy) is 1. The summed E-state index contributed by atoms with van der Waals surface area (Å²) in [5, 5.41) is 6.25. The van der Waals surface area contributed by atoms with Gasteiger partial charge in [-0.15, -0.1) is 11.3 Å². The van der Waals surface area contributed by atoms with Gasteiger partial charge in [0.25, 0.3) is 11.8 Å². The number of nitrogens with one attached hydrogen (secondary N) is 2. The lowest BCUT2D eigenvalue weighted by molar-refractivity contribution is 0.0527. The van der Waals surface area contributed by atoms with Crippen LogP contribution in [0.1, 0.15) is 48.4 Å². The average Bonchev–Trinajstić information content (AvgIpc) is 3.05. The lowest BCUT2D eigenvalue weighted by Crippen LogP contribution is -2.15. The zero-order valence-corrected chi connectivity index (χ0v) is 18.8. The summed E-state index contributed by atoms with van der Waals surface area (Å²) in [6.45, 7) is 5.40. The maximum Gasteiger partial charge on any atom is 0.341 e. The lowest BCUT2D eigenvalue weighted by atomic mass is 10.1. The van der Waals surface area contributed by atoms with Crippen molar-refractivity contribution in [3.8, 4) is 0 Å². The molecule has 0 bridgehead atoms. The van der Waals surface area contributed by atoms with E-state index in [1.807, 2.05) is 25.1 Å². The van der Waals surface area contributed by atoms with Crippen molar-refractivity contribution in [2.75, 3.05) is 17.2 Å². The number of hydrogen-bond donors (Lipinski definition) is 2. The van der Waals surface area contributed by atoms with Crippen LogP contribution in [0.4, 0.5) is 10.7 Å². The molecule has 0 saturated heterocycles. The largest absolute Gasteiger partial charge is 0.462 e. The third-order valence-corrected chi connectivity index (χ3v) is 5.98. The highest BCUT2D eigenvalue weighted by Crippen LogP contribution is 2.35. The van der Waals surface area contributed by atoms with E-state index in [1.54, 1.807) is 38.1 Å². The molecule has 31 heavy (non-hydrogen) atoms. The first-order valence-corrected chi connectivity index (χ1v) is 10.8. The summed E-state index contributed by atoms with van der Waals surface area (Å²) in [4.78, 5) is 38.6. The molecule has 3 aromatic rings. The van der Waals surface area contributed by atoms with Gasteiger partial charge in [0.15, 0.2) is 0 Å². The van der Waals surface area contributed by atoms with Gasteiger partial charge in [-0.2, -0.15) is 0 Å². The van der Waals surface area contributed by atoms with E-state index in [4.69, 9.17) is 16.3 Å². The third kappa shape index (κ3) is 5.13. The second-order valence-corrected chi connectivity index (χ2v) is 8.17. The molecule has 0 spiro atoms. The third-order valence-electron chi connectivity index (χ3n) is 4.54. The van der Waals surface area contributed by atoms with Crippen LogP contribution in [0.25, 0.3) is 0 Å². The second-order valence-electron chi connectivity index (χ2n) is 6.71. The summed E-state index contributed by atoms with van der Waals surface area (Å²) in [6.07, 6.45) is 0. The van der Waals surface area contributed by atoms with Gasteiger partial charge in [-0.25, -0.2) is 4.79 Å². The van der Waals surface area contributed by atoms with Crippen molar-refractivity contribution >= 4 is 51.4 Å².